The number of rotatable bonds is 1. The number of aromatic nitrogens is 1. The van der Waals surface area contributed by atoms with Crippen LogP contribution < -0.4 is 4.74 Å². The van der Waals surface area contributed by atoms with Crippen molar-refractivity contribution in [2.24, 2.45) is 0 Å². The van der Waals surface area contributed by atoms with E-state index in [2.05, 4.69) is 18.0 Å². The first kappa shape index (κ1) is 11.0. The van der Waals surface area contributed by atoms with E-state index in [1.807, 2.05) is 26.0 Å². The molecule has 0 spiro atoms. The van der Waals surface area contributed by atoms with Crippen LogP contribution in [-0.4, -0.2) is 12.1 Å². The molecule has 76 valence electrons. The van der Waals surface area contributed by atoms with Crippen LogP contribution in [0.3, 0.4) is 0 Å². The van der Waals surface area contributed by atoms with Gasteiger partial charge in [-0.1, -0.05) is 13.8 Å². The number of hydrogen-bond acceptors (Lipinski definition) is 3. The number of fused-ring (bicyclic) bond motifs is 1. The number of hydrogen-bond donors (Lipinski definition) is 0. The van der Waals surface area contributed by atoms with E-state index in [-0.39, 0.29) is 0 Å². The van der Waals surface area contributed by atoms with E-state index in [0.717, 1.165) is 4.83 Å². The molecule has 0 aliphatic carbocycles. The molecule has 2 aromatic rings. The van der Waals surface area contributed by atoms with Crippen molar-refractivity contribution in [2.45, 2.75) is 20.8 Å². The Bertz CT molecular complexity index is 409. The molecule has 0 aromatic carbocycles. The van der Waals surface area contributed by atoms with Crippen LogP contribution in [0.15, 0.2) is 18.2 Å². The van der Waals surface area contributed by atoms with Crippen LogP contribution in [0.1, 0.15) is 18.7 Å². The van der Waals surface area contributed by atoms with Gasteiger partial charge in [0.2, 0.25) is 5.88 Å². The van der Waals surface area contributed by atoms with Crippen LogP contribution in [0, 0.1) is 6.92 Å². The molecular weight excluding hydrogens is 194 g/mol. The van der Waals surface area contributed by atoms with Gasteiger partial charge >= 0.3 is 0 Å². The lowest BCUT2D eigenvalue weighted by Crippen LogP contribution is -1.84. The molecule has 0 fully saturated rings. The highest BCUT2D eigenvalue weighted by molar-refractivity contribution is 7.18. The van der Waals surface area contributed by atoms with Gasteiger partial charge in [-0.2, -0.15) is 0 Å². The number of aryl methyl sites for hydroxylation is 1. The smallest absolute Gasteiger partial charge is 0.214 e. The van der Waals surface area contributed by atoms with Crippen LogP contribution in [0.5, 0.6) is 5.88 Å². The summed E-state index contributed by atoms with van der Waals surface area (Å²) >= 11 is 1.69. The summed E-state index contributed by atoms with van der Waals surface area (Å²) in [4.78, 5) is 6.64. The minimum atomic E-state index is 0.685. The summed E-state index contributed by atoms with van der Waals surface area (Å²) in [5.74, 6) is 0.685. The quantitative estimate of drug-likeness (QED) is 0.715. The van der Waals surface area contributed by atoms with Gasteiger partial charge in [0.15, 0.2) is 0 Å². The molecule has 0 aliphatic rings. The van der Waals surface area contributed by atoms with E-state index in [4.69, 9.17) is 4.74 Å². The molecule has 14 heavy (non-hydrogen) atoms. The standard InChI is InChI=1S/C9H9NOS.C2H6/c1-6-5-7-3-4-8(11-2)10-9(7)12-6;1-2/h3-5H,1-2H3;1-2H3. The van der Waals surface area contributed by atoms with Crippen molar-refractivity contribution < 1.29 is 4.74 Å². The monoisotopic (exact) mass is 209 g/mol. The number of methoxy groups -OCH3 is 1. The summed E-state index contributed by atoms with van der Waals surface area (Å²) in [7, 11) is 1.63. The largest absolute Gasteiger partial charge is 0.481 e. The Morgan fingerprint density at radius 3 is 2.64 bits per heavy atom. The molecule has 2 nitrogen and oxygen atoms in total. The minimum absolute atomic E-state index is 0.685. The van der Waals surface area contributed by atoms with Gasteiger partial charge in [-0.3, -0.25) is 0 Å². The topological polar surface area (TPSA) is 22.1 Å². The van der Waals surface area contributed by atoms with E-state index < -0.39 is 0 Å². The molecule has 3 heteroatoms. The van der Waals surface area contributed by atoms with Crippen molar-refractivity contribution in [1.82, 2.24) is 4.98 Å². The molecule has 0 unspecified atom stereocenters. The molecule has 2 aromatic heterocycles. The number of thiophene rings is 1. The molecular formula is C11H15NOS. The average molecular weight is 209 g/mol. The van der Waals surface area contributed by atoms with Crippen molar-refractivity contribution in [3.8, 4) is 5.88 Å². The maximum Gasteiger partial charge on any atom is 0.214 e. The Morgan fingerprint density at radius 1 is 1.29 bits per heavy atom. The van der Waals surface area contributed by atoms with Crippen LogP contribution in [0.4, 0.5) is 0 Å². The first-order valence-corrected chi connectivity index (χ1v) is 5.52. The highest BCUT2D eigenvalue weighted by atomic mass is 32.1. The summed E-state index contributed by atoms with van der Waals surface area (Å²) in [5, 5.41) is 1.19. The van der Waals surface area contributed by atoms with Gasteiger partial charge in [-0.25, -0.2) is 4.98 Å². The Labute approximate surface area is 88.6 Å². The lowest BCUT2D eigenvalue weighted by atomic mass is 10.3. The van der Waals surface area contributed by atoms with Crippen molar-refractivity contribution in [3.63, 3.8) is 0 Å². The number of nitrogens with zero attached hydrogens (tertiary/aromatic N) is 1. The molecule has 0 saturated carbocycles. The van der Waals surface area contributed by atoms with Crippen LogP contribution in [0.25, 0.3) is 10.2 Å². The van der Waals surface area contributed by atoms with Gasteiger partial charge in [0.05, 0.1) is 7.11 Å². The average Bonchev–Trinajstić information content (AvgIpc) is 2.59. The zero-order valence-corrected chi connectivity index (χ0v) is 9.81. The fraction of sp³-hybridized carbons (Fsp3) is 0.364. The van der Waals surface area contributed by atoms with E-state index in [9.17, 15) is 0 Å². The molecule has 0 atom stereocenters. The lowest BCUT2D eigenvalue weighted by Gasteiger charge is -1.95. The minimum Gasteiger partial charge on any atom is -0.481 e. The summed E-state index contributed by atoms with van der Waals surface area (Å²) < 4.78 is 5.03. The van der Waals surface area contributed by atoms with E-state index in [1.165, 1.54) is 10.3 Å². The zero-order chi connectivity index (χ0) is 10.6. The first-order valence-electron chi connectivity index (χ1n) is 4.71. The van der Waals surface area contributed by atoms with Gasteiger partial charge in [0.1, 0.15) is 4.83 Å². The second-order valence-corrected chi connectivity index (χ2v) is 3.84. The highest BCUT2D eigenvalue weighted by Crippen LogP contribution is 2.24. The number of ether oxygens (including phenoxy) is 1. The summed E-state index contributed by atoms with van der Waals surface area (Å²) in [6.07, 6.45) is 0. The normalized spacial score (nSPS) is 9.43. The summed E-state index contributed by atoms with van der Waals surface area (Å²) in [5.41, 5.74) is 0. The van der Waals surface area contributed by atoms with Crippen LogP contribution in [-0.2, 0) is 0 Å². The first-order chi connectivity index (χ1) is 6.79. The predicted molar refractivity (Wildman–Crippen MR) is 62.3 cm³/mol. The van der Waals surface area contributed by atoms with Crippen molar-refractivity contribution in [1.29, 1.82) is 0 Å². The van der Waals surface area contributed by atoms with Crippen molar-refractivity contribution in [2.75, 3.05) is 7.11 Å². The van der Waals surface area contributed by atoms with Crippen LogP contribution >= 0.6 is 11.3 Å². The fourth-order valence-corrected chi connectivity index (χ4v) is 2.01. The zero-order valence-electron chi connectivity index (χ0n) is 9.00. The predicted octanol–water partition coefficient (Wildman–Crippen LogP) is 3.64. The van der Waals surface area contributed by atoms with Gasteiger partial charge in [0.25, 0.3) is 0 Å². The van der Waals surface area contributed by atoms with Crippen molar-refractivity contribution >= 4 is 21.6 Å². The third kappa shape index (κ3) is 2.23. The highest BCUT2D eigenvalue weighted by Gasteiger charge is 2.00. The van der Waals surface area contributed by atoms with E-state index in [1.54, 1.807) is 18.4 Å². The molecule has 0 aliphatic heterocycles. The molecule has 0 saturated heterocycles. The van der Waals surface area contributed by atoms with Gasteiger partial charge in [0, 0.05) is 16.3 Å². The Kier molecular flexibility index (Phi) is 3.89. The SMILES string of the molecule is CC.COc1ccc2cc(C)sc2n1. The second kappa shape index (κ2) is 4.96. The van der Waals surface area contributed by atoms with Gasteiger partial charge < -0.3 is 4.74 Å². The Morgan fingerprint density at radius 2 is 2.00 bits per heavy atom. The van der Waals surface area contributed by atoms with E-state index in [0.29, 0.717) is 5.88 Å². The molecule has 0 bridgehead atoms. The molecule has 2 rings (SSSR count). The molecule has 0 N–H and O–H groups in total. The fourth-order valence-electron chi connectivity index (χ4n) is 1.14. The maximum atomic E-state index is 5.03. The molecule has 0 amide bonds. The van der Waals surface area contributed by atoms with Gasteiger partial charge in [-0.15, -0.1) is 11.3 Å². The summed E-state index contributed by atoms with van der Waals surface area (Å²) in [6.45, 7) is 6.08. The molecule has 2 heterocycles. The second-order valence-electron chi connectivity index (χ2n) is 2.61. The Balaban J connectivity index is 0.000000461. The lowest BCUT2D eigenvalue weighted by molar-refractivity contribution is 0.400. The molecule has 0 radical (unpaired) electrons. The third-order valence-corrected chi connectivity index (χ3v) is 2.65. The van der Waals surface area contributed by atoms with E-state index >= 15 is 0 Å². The van der Waals surface area contributed by atoms with Crippen LogP contribution in [0.2, 0.25) is 0 Å². The summed E-state index contributed by atoms with van der Waals surface area (Å²) in [6, 6.07) is 6.05. The number of pyridine rings is 1. The van der Waals surface area contributed by atoms with Gasteiger partial charge in [-0.05, 0) is 19.1 Å². The third-order valence-electron chi connectivity index (χ3n) is 1.69. The Hall–Kier alpha value is -1.09. The maximum absolute atomic E-state index is 5.03. The van der Waals surface area contributed by atoms with Crippen molar-refractivity contribution in [3.05, 3.63) is 23.1 Å².